The maximum Gasteiger partial charge on any atom is 0.275 e. The van der Waals surface area contributed by atoms with Gasteiger partial charge in [0, 0.05) is 43.3 Å². The van der Waals surface area contributed by atoms with Gasteiger partial charge in [0.05, 0.1) is 12.3 Å². The number of fused-ring (bicyclic) bond motifs is 1. The fourth-order valence-corrected chi connectivity index (χ4v) is 4.68. The molecule has 2 fully saturated rings. The average Bonchev–Trinajstić information content (AvgIpc) is 3.04. The Bertz CT molecular complexity index is 944. The van der Waals surface area contributed by atoms with Crippen molar-refractivity contribution in [2.75, 3.05) is 12.4 Å². The van der Waals surface area contributed by atoms with E-state index in [0.717, 1.165) is 18.5 Å². The maximum atomic E-state index is 12.6. The summed E-state index contributed by atoms with van der Waals surface area (Å²) < 4.78 is 6.59. The van der Waals surface area contributed by atoms with Crippen molar-refractivity contribution < 1.29 is 14.3 Å². The summed E-state index contributed by atoms with van der Waals surface area (Å²) in [5, 5.41) is 17.5. The van der Waals surface area contributed by atoms with E-state index in [0.29, 0.717) is 41.6 Å². The van der Waals surface area contributed by atoms with Crippen LogP contribution in [0.4, 0.5) is 5.82 Å². The summed E-state index contributed by atoms with van der Waals surface area (Å²) in [5.41, 5.74) is 1.96. The van der Waals surface area contributed by atoms with Crippen molar-refractivity contribution in [2.24, 2.45) is 24.8 Å². The summed E-state index contributed by atoms with van der Waals surface area (Å²) in [7, 11) is 3.31. The van der Waals surface area contributed by atoms with Crippen LogP contribution in [0.2, 0.25) is 0 Å². The van der Waals surface area contributed by atoms with E-state index >= 15 is 0 Å². The second-order valence-electron chi connectivity index (χ2n) is 9.50. The van der Waals surface area contributed by atoms with Crippen LogP contribution in [0.3, 0.4) is 0 Å². The molecule has 0 saturated heterocycles. The number of H-pyrrole nitrogens is 1. The summed E-state index contributed by atoms with van der Waals surface area (Å²) in [6.07, 6.45) is 1.95. The van der Waals surface area contributed by atoms with Crippen LogP contribution in [0.25, 0.3) is 0 Å². The molecule has 3 N–H and O–H groups in total. The molecule has 162 valence electrons. The quantitative estimate of drug-likeness (QED) is 0.670. The lowest BCUT2D eigenvalue weighted by molar-refractivity contribution is -0.124. The highest BCUT2D eigenvalue weighted by atomic mass is 16.5. The minimum Gasteiger partial charge on any atom is -0.378 e. The van der Waals surface area contributed by atoms with E-state index in [2.05, 4.69) is 25.9 Å². The van der Waals surface area contributed by atoms with E-state index in [9.17, 15) is 9.59 Å². The van der Waals surface area contributed by atoms with Crippen molar-refractivity contribution in [3.63, 3.8) is 0 Å². The number of aromatic nitrogens is 4. The smallest absolute Gasteiger partial charge is 0.275 e. The number of nitrogens with zero attached hydrogens (tertiary/aromatic N) is 3. The van der Waals surface area contributed by atoms with E-state index < -0.39 is 0 Å². The number of methoxy groups -OCH3 is 1. The van der Waals surface area contributed by atoms with Gasteiger partial charge in [-0.15, -0.1) is 0 Å². The summed E-state index contributed by atoms with van der Waals surface area (Å²) in [6.45, 7) is 6.38. The molecule has 0 unspecified atom stereocenters. The number of hydrogen-bond donors (Lipinski definition) is 3. The molecule has 2 aliphatic rings. The topological polar surface area (TPSA) is 114 Å². The van der Waals surface area contributed by atoms with Crippen molar-refractivity contribution >= 4 is 17.6 Å². The van der Waals surface area contributed by atoms with Crippen molar-refractivity contribution in [3.05, 3.63) is 29.2 Å². The Morgan fingerprint density at radius 3 is 2.60 bits per heavy atom. The average molecular weight is 415 g/mol. The Labute approximate surface area is 175 Å². The van der Waals surface area contributed by atoms with Crippen LogP contribution in [0.15, 0.2) is 12.1 Å². The molecule has 0 aromatic carbocycles. The van der Waals surface area contributed by atoms with Gasteiger partial charge < -0.3 is 15.4 Å². The maximum absolute atomic E-state index is 12.6. The third-order valence-corrected chi connectivity index (χ3v) is 5.98. The monoisotopic (exact) mass is 414 g/mol. The molecule has 2 heterocycles. The molecular formula is C21H30N6O3. The first kappa shape index (κ1) is 20.6. The molecule has 2 aromatic heterocycles. The molecule has 2 aliphatic carbocycles. The van der Waals surface area contributed by atoms with Crippen LogP contribution in [-0.2, 0) is 23.2 Å². The second kappa shape index (κ2) is 7.54. The van der Waals surface area contributed by atoms with Crippen molar-refractivity contribution in [2.45, 2.75) is 51.7 Å². The van der Waals surface area contributed by atoms with Crippen LogP contribution in [0.5, 0.6) is 0 Å². The summed E-state index contributed by atoms with van der Waals surface area (Å²) in [6, 6.07) is 3.60. The fourth-order valence-electron chi connectivity index (χ4n) is 4.68. The predicted molar refractivity (Wildman–Crippen MR) is 111 cm³/mol. The highest BCUT2D eigenvalue weighted by Crippen LogP contribution is 2.62. The molecule has 2 saturated carbocycles. The number of hydrogen-bond acceptors (Lipinski definition) is 5. The Hall–Kier alpha value is -2.68. The van der Waals surface area contributed by atoms with Gasteiger partial charge in [0.25, 0.3) is 5.91 Å². The normalized spacial score (nSPS) is 25.1. The molecule has 4 rings (SSSR count). The van der Waals surface area contributed by atoms with E-state index in [1.54, 1.807) is 20.2 Å². The molecule has 30 heavy (non-hydrogen) atoms. The van der Waals surface area contributed by atoms with E-state index in [-0.39, 0.29) is 23.3 Å². The molecule has 0 spiro atoms. The number of carbonyl (C=O) groups excluding carboxylic acids is 2. The molecular weight excluding hydrogens is 384 g/mol. The Morgan fingerprint density at radius 1 is 1.27 bits per heavy atom. The SMILES string of the molecule is COCc1cc(C(=O)Nc2cc([C@H]3C[C@@H]4[C@H](C3)[C@H]4C(=O)NC(C)(C)C)[nH]n2)n(C)n1. The number of carbonyl (C=O) groups is 2. The van der Waals surface area contributed by atoms with Crippen LogP contribution in [0.1, 0.15) is 61.4 Å². The second-order valence-corrected chi connectivity index (χ2v) is 9.50. The number of aromatic amines is 1. The summed E-state index contributed by atoms with van der Waals surface area (Å²) in [4.78, 5) is 25.0. The van der Waals surface area contributed by atoms with Crippen LogP contribution in [-0.4, -0.2) is 44.4 Å². The Balaban J connectivity index is 1.33. The molecule has 0 radical (unpaired) electrons. The first-order valence-electron chi connectivity index (χ1n) is 10.4. The van der Waals surface area contributed by atoms with Crippen molar-refractivity contribution in [1.29, 1.82) is 0 Å². The number of ether oxygens (including phenoxy) is 1. The number of rotatable bonds is 6. The van der Waals surface area contributed by atoms with Gasteiger partial charge in [-0.25, -0.2) is 0 Å². The zero-order valence-electron chi connectivity index (χ0n) is 18.2. The van der Waals surface area contributed by atoms with Gasteiger partial charge in [-0.3, -0.25) is 19.4 Å². The minimum absolute atomic E-state index is 0.147. The summed E-state index contributed by atoms with van der Waals surface area (Å²) >= 11 is 0. The van der Waals surface area contributed by atoms with Gasteiger partial charge in [0.2, 0.25) is 5.91 Å². The number of nitrogens with one attached hydrogen (secondary N) is 3. The Morgan fingerprint density at radius 2 is 1.97 bits per heavy atom. The highest BCUT2D eigenvalue weighted by Gasteiger charge is 2.60. The van der Waals surface area contributed by atoms with Crippen molar-refractivity contribution in [1.82, 2.24) is 25.3 Å². The van der Waals surface area contributed by atoms with E-state index in [1.165, 1.54) is 4.68 Å². The van der Waals surface area contributed by atoms with Crippen LogP contribution in [0, 0.1) is 17.8 Å². The lowest BCUT2D eigenvalue weighted by Gasteiger charge is -2.21. The third kappa shape index (κ3) is 4.12. The van der Waals surface area contributed by atoms with Crippen LogP contribution < -0.4 is 10.6 Å². The van der Waals surface area contributed by atoms with Gasteiger partial charge in [-0.05, 0) is 51.5 Å². The van der Waals surface area contributed by atoms with Gasteiger partial charge in [-0.1, -0.05) is 0 Å². The zero-order valence-corrected chi connectivity index (χ0v) is 18.2. The largest absolute Gasteiger partial charge is 0.378 e. The molecule has 0 bridgehead atoms. The van der Waals surface area contributed by atoms with Gasteiger partial charge in [0.15, 0.2) is 5.82 Å². The lowest BCUT2D eigenvalue weighted by atomic mass is 9.96. The first-order chi connectivity index (χ1) is 14.2. The standard InChI is InChI=1S/C21H30N6O3/c1-21(2,3)23-20(29)18-13-6-11(7-14(13)18)15-9-17(25-24-15)22-19(28)16-8-12(10-30-5)26-27(16)4/h8-9,11,13-14,18H,6-7,10H2,1-5H3,(H,23,29)(H2,22,24,25,28)/t11-,13+,14-,18-. The van der Waals surface area contributed by atoms with Gasteiger partial charge in [0.1, 0.15) is 5.69 Å². The van der Waals surface area contributed by atoms with Gasteiger partial charge >= 0.3 is 0 Å². The Kier molecular flexibility index (Phi) is 5.17. The highest BCUT2D eigenvalue weighted by molar-refractivity contribution is 6.02. The molecule has 2 amide bonds. The molecule has 9 nitrogen and oxygen atoms in total. The third-order valence-electron chi connectivity index (χ3n) is 5.98. The minimum atomic E-state index is -0.265. The molecule has 0 aliphatic heterocycles. The number of anilines is 1. The zero-order chi connectivity index (χ0) is 21.6. The number of amides is 2. The molecule has 9 heteroatoms. The van der Waals surface area contributed by atoms with E-state index in [1.807, 2.05) is 26.8 Å². The fraction of sp³-hybridized carbons (Fsp3) is 0.619. The van der Waals surface area contributed by atoms with Gasteiger partial charge in [-0.2, -0.15) is 10.2 Å². The molecule has 4 atom stereocenters. The van der Waals surface area contributed by atoms with E-state index in [4.69, 9.17) is 4.74 Å². The predicted octanol–water partition coefficient (Wildman–Crippen LogP) is 2.20. The van der Waals surface area contributed by atoms with Crippen molar-refractivity contribution in [3.8, 4) is 0 Å². The summed E-state index contributed by atoms with van der Waals surface area (Å²) in [5.74, 6) is 1.80. The first-order valence-corrected chi connectivity index (χ1v) is 10.4. The van der Waals surface area contributed by atoms with Crippen LogP contribution >= 0.6 is 0 Å². The lowest BCUT2D eigenvalue weighted by Crippen LogP contribution is -2.42. The number of aryl methyl sites for hydroxylation is 1. The molecule has 2 aromatic rings.